The number of hydrogen-bond acceptors (Lipinski definition) is 6. The van der Waals surface area contributed by atoms with E-state index in [4.69, 9.17) is 9.47 Å². The van der Waals surface area contributed by atoms with Crippen LogP contribution in [0.4, 0.5) is 0 Å². The van der Waals surface area contributed by atoms with Crippen LogP contribution in [0.15, 0.2) is 53.5 Å². The molecule has 1 aliphatic rings. The minimum absolute atomic E-state index is 0.0827. The summed E-state index contributed by atoms with van der Waals surface area (Å²) in [4.78, 5) is 38.4. The monoisotopic (exact) mass is 439 g/mol. The zero-order valence-electron chi connectivity index (χ0n) is 17.1. The first-order valence-electron chi connectivity index (χ1n) is 9.58. The Morgan fingerprint density at radius 3 is 2.52 bits per heavy atom. The van der Waals surface area contributed by atoms with Crippen LogP contribution in [-0.2, 0) is 13.1 Å². The second kappa shape index (κ2) is 8.65. The summed E-state index contributed by atoms with van der Waals surface area (Å²) in [5, 5.41) is 2.82. The maximum Gasteiger partial charge on any atom is 0.308 e. The van der Waals surface area contributed by atoms with Crippen LogP contribution >= 0.6 is 11.3 Å². The fraction of sp³-hybridized carbons (Fsp3) is 0.227. The number of carbonyl (C=O) groups excluding carboxylic acids is 2. The molecule has 1 aliphatic heterocycles. The smallest absolute Gasteiger partial charge is 0.308 e. The Labute approximate surface area is 182 Å². The van der Waals surface area contributed by atoms with Crippen molar-refractivity contribution < 1.29 is 19.1 Å². The molecule has 2 amide bonds. The van der Waals surface area contributed by atoms with Gasteiger partial charge in [-0.1, -0.05) is 29.5 Å². The number of aromatic nitrogens is 1. The first-order valence-corrected chi connectivity index (χ1v) is 10.4. The van der Waals surface area contributed by atoms with Gasteiger partial charge in [0.2, 0.25) is 6.79 Å². The van der Waals surface area contributed by atoms with E-state index < -0.39 is 0 Å². The number of benzene rings is 2. The summed E-state index contributed by atoms with van der Waals surface area (Å²) in [6, 6.07) is 12.5. The largest absolute Gasteiger partial charge is 0.454 e. The number of carbonyl (C=O) groups is 2. The average molecular weight is 439 g/mol. The highest BCUT2D eigenvalue weighted by atomic mass is 32.1. The fourth-order valence-electron chi connectivity index (χ4n) is 3.12. The van der Waals surface area contributed by atoms with Gasteiger partial charge in [0.05, 0.1) is 6.54 Å². The SMILES string of the molecule is CN(C)C(=O)c1ccc(Cn2cc(C(=O)NCc3ccc4c(c3)OCO4)sc2=O)cc1. The van der Waals surface area contributed by atoms with Gasteiger partial charge in [-0.25, -0.2) is 0 Å². The molecule has 0 aliphatic carbocycles. The molecule has 0 saturated heterocycles. The topological polar surface area (TPSA) is 89.9 Å². The van der Waals surface area contributed by atoms with Crippen molar-refractivity contribution in [1.29, 1.82) is 0 Å². The number of thiazole rings is 1. The summed E-state index contributed by atoms with van der Waals surface area (Å²) >= 11 is 0.899. The molecule has 1 N–H and O–H groups in total. The molecule has 0 spiro atoms. The molecule has 0 unspecified atom stereocenters. The van der Waals surface area contributed by atoms with Crippen molar-refractivity contribution in [3.63, 3.8) is 0 Å². The van der Waals surface area contributed by atoms with Crippen LogP contribution in [0.3, 0.4) is 0 Å². The lowest BCUT2D eigenvalue weighted by molar-refractivity contribution is 0.0827. The summed E-state index contributed by atoms with van der Waals surface area (Å²) in [5.74, 6) is 0.941. The predicted molar refractivity (Wildman–Crippen MR) is 116 cm³/mol. The summed E-state index contributed by atoms with van der Waals surface area (Å²) < 4.78 is 12.1. The van der Waals surface area contributed by atoms with Gasteiger partial charge in [0, 0.05) is 32.4 Å². The van der Waals surface area contributed by atoms with Crippen LogP contribution in [0.1, 0.15) is 31.2 Å². The average Bonchev–Trinajstić information content (AvgIpc) is 3.38. The van der Waals surface area contributed by atoms with E-state index in [1.165, 1.54) is 9.47 Å². The third-order valence-electron chi connectivity index (χ3n) is 4.78. The van der Waals surface area contributed by atoms with Crippen LogP contribution in [0.5, 0.6) is 11.5 Å². The van der Waals surface area contributed by atoms with E-state index in [0.29, 0.717) is 35.0 Å². The van der Waals surface area contributed by atoms with E-state index in [0.717, 1.165) is 22.5 Å². The second-order valence-electron chi connectivity index (χ2n) is 7.26. The zero-order valence-corrected chi connectivity index (χ0v) is 17.9. The Balaban J connectivity index is 1.39. The number of ether oxygens (including phenoxy) is 2. The molecule has 0 radical (unpaired) electrons. The molecule has 9 heteroatoms. The Morgan fingerprint density at radius 1 is 1.06 bits per heavy atom. The molecule has 0 bridgehead atoms. The van der Waals surface area contributed by atoms with Crippen molar-refractivity contribution in [3.8, 4) is 11.5 Å². The summed E-state index contributed by atoms with van der Waals surface area (Å²) in [5.41, 5.74) is 2.31. The van der Waals surface area contributed by atoms with Gasteiger partial charge in [-0.3, -0.25) is 14.4 Å². The third-order valence-corrected chi connectivity index (χ3v) is 5.70. The lowest BCUT2D eigenvalue weighted by Gasteiger charge is -2.10. The van der Waals surface area contributed by atoms with E-state index in [1.807, 2.05) is 12.1 Å². The molecule has 31 heavy (non-hydrogen) atoms. The van der Waals surface area contributed by atoms with Crippen LogP contribution < -0.4 is 19.7 Å². The van der Waals surface area contributed by atoms with Gasteiger partial charge in [0.1, 0.15) is 4.88 Å². The van der Waals surface area contributed by atoms with Gasteiger partial charge < -0.3 is 24.3 Å². The van der Waals surface area contributed by atoms with Gasteiger partial charge >= 0.3 is 4.87 Å². The highest BCUT2D eigenvalue weighted by Gasteiger charge is 2.15. The van der Waals surface area contributed by atoms with Crippen molar-refractivity contribution in [2.45, 2.75) is 13.1 Å². The minimum Gasteiger partial charge on any atom is -0.454 e. The van der Waals surface area contributed by atoms with Gasteiger partial charge in [-0.15, -0.1) is 0 Å². The first kappa shape index (κ1) is 20.7. The Hall–Kier alpha value is -3.59. The minimum atomic E-state index is -0.314. The second-order valence-corrected chi connectivity index (χ2v) is 8.25. The van der Waals surface area contributed by atoms with Crippen LogP contribution in [-0.4, -0.2) is 42.2 Å². The molecule has 1 aromatic heterocycles. The van der Waals surface area contributed by atoms with E-state index in [9.17, 15) is 14.4 Å². The molecular weight excluding hydrogens is 418 g/mol. The molecule has 8 nitrogen and oxygen atoms in total. The Morgan fingerprint density at radius 2 is 1.77 bits per heavy atom. The van der Waals surface area contributed by atoms with Gasteiger partial charge in [-0.2, -0.15) is 0 Å². The van der Waals surface area contributed by atoms with Gasteiger partial charge in [-0.05, 0) is 35.4 Å². The van der Waals surface area contributed by atoms with Crippen molar-refractivity contribution in [3.05, 3.63) is 79.9 Å². The maximum absolute atomic E-state index is 12.5. The van der Waals surface area contributed by atoms with Crippen LogP contribution in [0.25, 0.3) is 0 Å². The molecule has 0 saturated carbocycles. The standard InChI is InChI=1S/C22H21N3O5S/c1-24(2)21(27)16-6-3-14(4-7-16)11-25-12-19(31-22(25)28)20(26)23-10-15-5-8-17-18(9-15)30-13-29-17/h3-9,12H,10-11,13H2,1-2H3,(H,23,26). The number of nitrogens with zero attached hydrogens (tertiary/aromatic N) is 2. The Kier molecular flexibility index (Phi) is 5.77. The Bertz CT molecular complexity index is 1180. The molecular formula is C22H21N3O5S. The molecule has 4 rings (SSSR count). The zero-order chi connectivity index (χ0) is 22.0. The van der Waals surface area contributed by atoms with E-state index in [1.54, 1.807) is 50.6 Å². The van der Waals surface area contributed by atoms with E-state index in [2.05, 4.69) is 5.32 Å². The highest BCUT2D eigenvalue weighted by molar-refractivity contribution is 7.11. The van der Waals surface area contributed by atoms with Crippen LogP contribution in [0.2, 0.25) is 0 Å². The molecule has 0 atom stereocenters. The molecule has 2 heterocycles. The number of amides is 2. The normalized spacial score (nSPS) is 11.9. The van der Waals surface area contributed by atoms with Crippen molar-refractivity contribution in [2.75, 3.05) is 20.9 Å². The molecule has 3 aromatic rings. The lowest BCUT2D eigenvalue weighted by Crippen LogP contribution is -2.22. The maximum atomic E-state index is 12.5. The van der Waals surface area contributed by atoms with Crippen molar-refractivity contribution in [1.82, 2.24) is 14.8 Å². The number of hydrogen-bond donors (Lipinski definition) is 1. The first-order chi connectivity index (χ1) is 14.9. The summed E-state index contributed by atoms with van der Waals surface area (Å²) in [7, 11) is 3.39. The molecule has 160 valence electrons. The highest BCUT2D eigenvalue weighted by Crippen LogP contribution is 2.32. The van der Waals surface area contributed by atoms with Crippen molar-refractivity contribution >= 4 is 23.2 Å². The number of rotatable bonds is 6. The number of nitrogens with one attached hydrogen (secondary N) is 1. The summed E-state index contributed by atoms with van der Waals surface area (Å²) in [6.45, 7) is 0.825. The molecule has 0 fully saturated rings. The quantitative estimate of drug-likeness (QED) is 0.637. The fourth-order valence-corrected chi connectivity index (χ4v) is 3.88. The van der Waals surface area contributed by atoms with Crippen LogP contribution in [0, 0.1) is 0 Å². The van der Waals surface area contributed by atoms with Gasteiger partial charge in [0.15, 0.2) is 11.5 Å². The summed E-state index contributed by atoms with van der Waals surface area (Å²) in [6.07, 6.45) is 1.56. The van der Waals surface area contributed by atoms with E-state index >= 15 is 0 Å². The number of fused-ring (bicyclic) bond motifs is 1. The van der Waals surface area contributed by atoms with E-state index in [-0.39, 0.29) is 23.5 Å². The predicted octanol–water partition coefficient (Wildman–Crippen LogP) is 2.32. The lowest BCUT2D eigenvalue weighted by atomic mass is 10.1. The molecule has 2 aromatic carbocycles. The third kappa shape index (κ3) is 4.61. The van der Waals surface area contributed by atoms with Gasteiger partial charge in [0.25, 0.3) is 11.8 Å². The van der Waals surface area contributed by atoms with Crippen molar-refractivity contribution in [2.24, 2.45) is 0 Å².